The van der Waals surface area contributed by atoms with Crippen LogP contribution in [0.3, 0.4) is 0 Å². The molecule has 104 valence electrons. The minimum Gasteiger partial charge on any atom is -0.480 e. The molecule has 3 N–H and O–H groups in total. The molecular formula is C15H14FNO3. The van der Waals surface area contributed by atoms with Gasteiger partial charge in [0.15, 0.2) is 11.6 Å². The summed E-state index contributed by atoms with van der Waals surface area (Å²) < 4.78 is 19.1. The molecule has 0 aliphatic rings. The maximum atomic E-state index is 13.7. The van der Waals surface area contributed by atoms with Crippen molar-refractivity contribution >= 4 is 5.97 Å². The monoisotopic (exact) mass is 275 g/mol. The van der Waals surface area contributed by atoms with Crippen molar-refractivity contribution in [2.75, 3.05) is 0 Å². The number of ether oxygens (including phenoxy) is 1. The fourth-order valence-electron chi connectivity index (χ4n) is 1.71. The molecule has 1 unspecified atom stereocenters. The molecule has 0 aliphatic carbocycles. The lowest BCUT2D eigenvalue weighted by molar-refractivity contribution is -0.138. The molecule has 2 aromatic rings. The van der Waals surface area contributed by atoms with E-state index in [2.05, 4.69) is 0 Å². The van der Waals surface area contributed by atoms with Crippen molar-refractivity contribution in [1.29, 1.82) is 0 Å². The van der Waals surface area contributed by atoms with Gasteiger partial charge in [-0.3, -0.25) is 4.79 Å². The predicted octanol–water partition coefficient (Wildman–Crippen LogP) is 2.57. The van der Waals surface area contributed by atoms with Gasteiger partial charge in [0, 0.05) is 0 Å². The Labute approximate surface area is 115 Å². The quantitative estimate of drug-likeness (QED) is 0.879. The van der Waals surface area contributed by atoms with E-state index in [1.54, 1.807) is 24.3 Å². The zero-order chi connectivity index (χ0) is 14.5. The molecule has 0 amide bonds. The van der Waals surface area contributed by atoms with Crippen LogP contribution < -0.4 is 10.5 Å². The van der Waals surface area contributed by atoms with Crippen LogP contribution in [0.15, 0.2) is 48.5 Å². The number of aliphatic carboxylic acids is 1. The van der Waals surface area contributed by atoms with Gasteiger partial charge in [-0.25, -0.2) is 4.39 Å². The Balaban J connectivity index is 2.19. The van der Waals surface area contributed by atoms with Crippen molar-refractivity contribution in [2.24, 2.45) is 5.73 Å². The van der Waals surface area contributed by atoms with Crippen molar-refractivity contribution in [3.63, 3.8) is 0 Å². The molecule has 0 aromatic heterocycles. The van der Waals surface area contributed by atoms with Gasteiger partial charge in [-0.1, -0.05) is 24.3 Å². The van der Waals surface area contributed by atoms with Crippen molar-refractivity contribution < 1.29 is 19.0 Å². The average Bonchev–Trinajstić information content (AvgIpc) is 2.43. The van der Waals surface area contributed by atoms with E-state index in [0.29, 0.717) is 11.3 Å². The zero-order valence-electron chi connectivity index (χ0n) is 10.6. The molecular weight excluding hydrogens is 261 g/mol. The van der Waals surface area contributed by atoms with Crippen LogP contribution in [0.2, 0.25) is 0 Å². The number of hydrogen-bond acceptors (Lipinski definition) is 3. The minimum absolute atomic E-state index is 0.0475. The molecule has 0 aliphatic heterocycles. The normalized spacial score (nSPS) is 11.9. The van der Waals surface area contributed by atoms with E-state index in [1.165, 1.54) is 18.2 Å². The molecule has 4 nitrogen and oxygen atoms in total. The smallest absolute Gasteiger partial charge is 0.320 e. The first kappa shape index (κ1) is 14.0. The third-order valence-electron chi connectivity index (χ3n) is 2.74. The van der Waals surface area contributed by atoms with Crippen LogP contribution in [-0.2, 0) is 11.2 Å². The van der Waals surface area contributed by atoms with E-state index in [9.17, 15) is 9.18 Å². The number of para-hydroxylation sites is 1. The second-order valence-electron chi connectivity index (χ2n) is 4.33. The minimum atomic E-state index is -1.10. The molecule has 2 aromatic carbocycles. The Bertz CT molecular complexity index is 601. The second-order valence-corrected chi connectivity index (χ2v) is 4.33. The van der Waals surface area contributed by atoms with E-state index < -0.39 is 17.8 Å². The maximum absolute atomic E-state index is 13.7. The summed E-state index contributed by atoms with van der Waals surface area (Å²) >= 11 is 0. The topological polar surface area (TPSA) is 72.5 Å². The largest absolute Gasteiger partial charge is 0.480 e. The highest BCUT2D eigenvalue weighted by molar-refractivity contribution is 5.73. The lowest BCUT2D eigenvalue weighted by Gasteiger charge is -2.10. The van der Waals surface area contributed by atoms with E-state index >= 15 is 0 Å². The summed E-state index contributed by atoms with van der Waals surface area (Å²) in [5, 5.41) is 8.77. The summed E-state index contributed by atoms with van der Waals surface area (Å²) in [7, 11) is 0. The van der Waals surface area contributed by atoms with Gasteiger partial charge in [0.2, 0.25) is 0 Å². The van der Waals surface area contributed by atoms with Crippen LogP contribution in [0.4, 0.5) is 4.39 Å². The number of nitrogens with two attached hydrogens (primary N) is 1. The number of rotatable bonds is 5. The van der Waals surface area contributed by atoms with Gasteiger partial charge in [-0.15, -0.1) is 0 Å². The summed E-state index contributed by atoms with van der Waals surface area (Å²) in [4.78, 5) is 10.7. The van der Waals surface area contributed by atoms with Gasteiger partial charge >= 0.3 is 5.97 Å². The van der Waals surface area contributed by atoms with E-state index in [4.69, 9.17) is 15.6 Å². The number of hydrogen-bond donors (Lipinski definition) is 2. The number of benzene rings is 2. The highest BCUT2D eigenvalue weighted by atomic mass is 19.1. The summed E-state index contributed by atoms with van der Waals surface area (Å²) in [6, 6.07) is 12.0. The maximum Gasteiger partial charge on any atom is 0.320 e. The SMILES string of the molecule is NC(Cc1ccc(F)c(Oc2ccccc2)c1)C(=O)O. The summed E-state index contributed by atoms with van der Waals surface area (Å²) in [5.74, 6) is -1.06. The molecule has 2 rings (SSSR count). The number of carbonyl (C=O) groups is 1. The van der Waals surface area contributed by atoms with Gasteiger partial charge in [-0.2, -0.15) is 0 Å². The fourth-order valence-corrected chi connectivity index (χ4v) is 1.71. The van der Waals surface area contributed by atoms with Gasteiger partial charge in [-0.05, 0) is 36.2 Å². The molecule has 1 atom stereocenters. The fraction of sp³-hybridized carbons (Fsp3) is 0.133. The first-order valence-electron chi connectivity index (χ1n) is 6.06. The van der Waals surface area contributed by atoms with Crippen molar-refractivity contribution in [3.05, 3.63) is 59.9 Å². The van der Waals surface area contributed by atoms with Crippen LogP contribution in [-0.4, -0.2) is 17.1 Å². The van der Waals surface area contributed by atoms with Gasteiger partial charge in [0.05, 0.1) is 0 Å². The number of halogens is 1. The van der Waals surface area contributed by atoms with Crippen molar-refractivity contribution in [3.8, 4) is 11.5 Å². The predicted molar refractivity (Wildman–Crippen MR) is 72.2 cm³/mol. The molecule has 0 saturated carbocycles. The first-order chi connectivity index (χ1) is 9.56. The average molecular weight is 275 g/mol. The second kappa shape index (κ2) is 6.16. The lowest BCUT2D eigenvalue weighted by Crippen LogP contribution is -2.32. The molecule has 0 bridgehead atoms. The molecule has 20 heavy (non-hydrogen) atoms. The van der Waals surface area contributed by atoms with Crippen molar-refractivity contribution in [1.82, 2.24) is 0 Å². The molecule has 0 radical (unpaired) electrons. The molecule has 0 fully saturated rings. The third kappa shape index (κ3) is 3.55. The van der Waals surface area contributed by atoms with E-state index in [0.717, 1.165) is 0 Å². The summed E-state index contributed by atoms with van der Waals surface area (Å²) in [5.41, 5.74) is 6.06. The molecule has 0 heterocycles. The highest BCUT2D eigenvalue weighted by Gasteiger charge is 2.14. The van der Waals surface area contributed by atoms with Gasteiger partial charge in [0.1, 0.15) is 11.8 Å². The van der Waals surface area contributed by atoms with Crippen LogP contribution in [0, 0.1) is 5.82 Å². The Morgan fingerprint density at radius 2 is 1.95 bits per heavy atom. The Morgan fingerprint density at radius 1 is 1.25 bits per heavy atom. The van der Waals surface area contributed by atoms with Crippen LogP contribution in [0.5, 0.6) is 11.5 Å². The van der Waals surface area contributed by atoms with E-state index in [-0.39, 0.29) is 12.2 Å². The first-order valence-corrected chi connectivity index (χ1v) is 6.06. The van der Waals surface area contributed by atoms with Crippen LogP contribution in [0.1, 0.15) is 5.56 Å². The van der Waals surface area contributed by atoms with Crippen LogP contribution in [0.25, 0.3) is 0 Å². The van der Waals surface area contributed by atoms with Gasteiger partial charge < -0.3 is 15.6 Å². The van der Waals surface area contributed by atoms with E-state index in [1.807, 2.05) is 6.07 Å². The molecule has 0 spiro atoms. The number of carboxylic acid groups (broad SMARTS) is 1. The summed E-state index contributed by atoms with van der Waals surface area (Å²) in [6.07, 6.45) is 0.112. The Hall–Kier alpha value is -2.40. The highest BCUT2D eigenvalue weighted by Crippen LogP contribution is 2.25. The third-order valence-corrected chi connectivity index (χ3v) is 2.74. The van der Waals surface area contributed by atoms with Crippen LogP contribution >= 0.6 is 0 Å². The molecule has 0 saturated heterocycles. The zero-order valence-corrected chi connectivity index (χ0v) is 10.6. The lowest BCUT2D eigenvalue weighted by atomic mass is 10.1. The van der Waals surface area contributed by atoms with Crippen molar-refractivity contribution in [2.45, 2.75) is 12.5 Å². The standard InChI is InChI=1S/C15H14FNO3/c16-12-7-6-10(8-13(17)15(18)19)9-14(12)20-11-4-2-1-3-5-11/h1-7,9,13H,8,17H2,(H,18,19). The van der Waals surface area contributed by atoms with Gasteiger partial charge in [0.25, 0.3) is 0 Å². The number of carboxylic acids is 1. The Morgan fingerprint density at radius 3 is 2.60 bits per heavy atom. The molecule has 5 heteroatoms. The summed E-state index contributed by atoms with van der Waals surface area (Å²) in [6.45, 7) is 0. The Kier molecular flexibility index (Phi) is 4.32.